The number of hydrogen-bond donors (Lipinski definition) is 1. The molecule has 7 nitrogen and oxygen atoms in total. The molecule has 4 aromatic carbocycles. The molecule has 1 heterocycles. The van der Waals surface area contributed by atoms with Gasteiger partial charge in [0.15, 0.2) is 0 Å². The van der Waals surface area contributed by atoms with E-state index in [4.69, 9.17) is 4.74 Å². The molecule has 188 valence electrons. The van der Waals surface area contributed by atoms with Gasteiger partial charge < -0.3 is 14.6 Å². The van der Waals surface area contributed by atoms with Crippen molar-refractivity contribution in [2.24, 2.45) is 0 Å². The first kappa shape index (κ1) is 24.7. The summed E-state index contributed by atoms with van der Waals surface area (Å²) in [5, 5.41) is 4.95. The third-order valence-electron chi connectivity index (χ3n) is 6.54. The van der Waals surface area contributed by atoms with E-state index in [1.165, 1.54) is 4.31 Å². The number of hydrogen-bond acceptors (Lipinski definition) is 5. The summed E-state index contributed by atoms with van der Waals surface area (Å²) in [6, 6.07) is 26.4. The van der Waals surface area contributed by atoms with E-state index in [1.807, 2.05) is 66.7 Å². The zero-order valence-electron chi connectivity index (χ0n) is 19.9. The lowest BCUT2D eigenvalue weighted by Gasteiger charge is -2.35. The molecular formula is C29H25N2O5S-. The SMILES string of the molecule is O=Cc1ccc2c(c1)OCCC2NC(=O)CC(c1ccccc1)N(c1ccc2ccccc2c1)S(=O)[O-]. The van der Waals surface area contributed by atoms with Crippen molar-refractivity contribution < 1.29 is 23.1 Å². The lowest BCUT2D eigenvalue weighted by atomic mass is 9.97. The van der Waals surface area contributed by atoms with Gasteiger partial charge >= 0.3 is 0 Å². The van der Waals surface area contributed by atoms with Crippen molar-refractivity contribution in [1.29, 1.82) is 0 Å². The van der Waals surface area contributed by atoms with E-state index in [-0.39, 0.29) is 18.4 Å². The Kier molecular flexibility index (Phi) is 7.30. The molecule has 5 rings (SSSR count). The Hall–Kier alpha value is -4.01. The summed E-state index contributed by atoms with van der Waals surface area (Å²) in [7, 11) is 0. The molecule has 0 fully saturated rings. The van der Waals surface area contributed by atoms with Gasteiger partial charge in [-0.25, -0.2) is 0 Å². The average Bonchev–Trinajstić information content (AvgIpc) is 2.92. The van der Waals surface area contributed by atoms with Crippen molar-refractivity contribution in [2.75, 3.05) is 10.9 Å². The highest BCUT2D eigenvalue weighted by atomic mass is 32.2. The standard InChI is InChI=1S/C29H26N2O5S/c32-19-20-10-13-25-26(14-15-36-28(25)16-20)30-29(33)18-27(22-7-2-1-3-8-22)31(37(34)35)24-12-11-21-6-4-5-9-23(21)17-24/h1-13,16-17,19,26-27H,14-15,18H2,(H,30,33)(H,34,35)/p-1. The number of rotatable bonds is 8. The first-order chi connectivity index (χ1) is 18.0. The van der Waals surface area contributed by atoms with Crippen LogP contribution in [0.15, 0.2) is 91.0 Å². The van der Waals surface area contributed by atoms with Gasteiger partial charge in [0.25, 0.3) is 0 Å². The van der Waals surface area contributed by atoms with Crippen LogP contribution in [-0.2, 0) is 16.1 Å². The second-order valence-electron chi connectivity index (χ2n) is 8.88. The summed E-state index contributed by atoms with van der Waals surface area (Å²) < 4.78 is 32.1. The molecule has 0 bridgehead atoms. The van der Waals surface area contributed by atoms with Crippen LogP contribution in [0.1, 0.15) is 46.4 Å². The second-order valence-corrected chi connectivity index (χ2v) is 9.70. The smallest absolute Gasteiger partial charge is 0.222 e. The van der Waals surface area contributed by atoms with Crippen molar-refractivity contribution >= 4 is 39.9 Å². The number of nitrogens with zero attached hydrogens (tertiary/aromatic N) is 1. The molecule has 37 heavy (non-hydrogen) atoms. The fourth-order valence-electron chi connectivity index (χ4n) is 4.75. The molecule has 1 aliphatic rings. The number of ether oxygens (including phenoxy) is 1. The molecule has 1 N–H and O–H groups in total. The molecule has 1 amide bonds. The molecule has 0 saturated heterocycles. The maximum absolute atomic E-state index is 13.4. The minimum Gasteiger partial charge on any atom is -0.755 e. The Labute approximate surface area is 217 Å². The van der Waals surface area contributed by atoms with Crippen LogP contribution in [-0.4, -0.2) is 27.6 Å². The molecule has 0 spiro atoms. The summed E-state index contributed by atoms with van der Waals surface area (Å²) in [6.07, 6.45) is 1.24. The number of aldehydes is 1. The topological polar surface area (TPSA) is 98.8 Å². The maximum atomic E-state index is 13.4. The summed E-state index contributed by atoms with van der Waals surface area (Å²) in [5.41, 5.74) is 2.48. The average molecular weight is 514 g/mol. The molecule has 0 radical (unpaired) electrons. The molecule has 8 heteroatoms. The van der Waals surface area contributed by atoms with Gasteiger partial charge in [0.1, 0.15) is 12.0 Å². The molecule has 1 aliphatic heterocycles. The van der Waals surface area contributed by atoms with Gasteiger partial charge in [0.05, 0.1) is 25.1 Å². The highest BCUT2D eigenvalue weighted by Crippen LogP contribution is 2.35. The summed E-state index contributed by atoms with van der Waals surface area (Å²) in [5.74, 6) is 0.279. The molecule has 4 aromatic rings. The van der Waals surface area contributed by atoms with Crippen LogP contribution >= 0.6 is 0 Å². The highest BCUT2D eigenvalue weighted by Gasteiger charge is 2.28. The predicted molar refractivity (Wildman–Crippen MR) is 142 cm³/mol. The van der Waals surface area contributed by atoms with Crippen LogP contribution in [0.3, 0.4) is 0 Å². The number of carbonyl (C=O) groups is 2. The van der Waals surface area contributed by atoms with E-state index in [0.717, 1.165) is 22.6 Å². The molecule has 0 aromatic heterocycles. The second kappa shape index (κ2) is 10.9. The van der Waals surface area contributed by atoms with Gasteiger partial charge in [0.2, 0.25) is 5.91 Å². The first-order valence-corrected chi connectivity index (χ1v) is 13.0. The molecular weight excluding hydrogens is 488 g/mol. The zero-order chi connectivity index (χ0) is 25.8. The molecule has 0 saturated carbocycles. The van der Waals surface area contributed by atoms with E-state index in [1.54, 1.807) is 24.3 Å². The normalized spacial score (nSPS) is 16.2. The van der Waals surface area contributed by atoms with Gasteiger partial charge in [-0.2, -0.15) is 0 Å². The van der Waals surface area contributed by atoms with Gasteiger partial charge in [-0.15, -0.1) is 0 Å². The van der Waals surface area contributed by atoms with Crippen molar-refractivity contribution in [1.82, 2.24) is 5.32 Å². The minimum atomic E-state index is -2.64. The quantitative estimate of drug-likeness (QED) is 0.263. The van der Waals surface area contributed by atoms with Crippen LogP contribution in [0.4, 0.5) is 5.69 Å². The summed E-state index contributed by atoms with van der Waals surface area (Å²) >= 11 is -2.64. The molecule has 3 atom stereocenters. The van der Waals surface area contributed by atoms with E-state index < -0.39 is 17.3 Å². The van der Waals surface area contributed by atoms with Crippen LogP contribution in [0, 0.1) is 0 Å². The lowest BCUT2D eigenvalue weighted by Crippen LogP contribution is -2.37. The van der Waals surface area contributed by atoms with Crippen molar-refractivity contribution in [3.05, 3.63) is 108 Å². The monoisotopic (exact) mass is 513 g/mol. The van der Waals surface area contributed by atoms with Crippen LogP contribution < -0.4 is 14.4 Å². The number of benzene rings is 4. The Morgan fingerprint density at radius 1 is 1.03 bits per heavy atom. The largest absolute Gasteiger partial charge is 0.755 e. The maximum Gasteiger partial charge on any atom is 0.222 e. The van der Waals surface area contributed by atoms with Crippen LogP contribution in [0.2, 0.25) is 0 Å². The third kappa shape index (κ3) is 5.40. The number of amides is 1. The lowest BCUT2D eigenvalue weighted by molar-refractivity contribution is -0.122. The van der Waals surface area contributed by atoms with Crippen LogP contribution in [0.5, 0.6) is 5.75 Å². The van der Waals surface area contributed by atoms with E-state index in [0.29, 0.717) is 35.6 Å². The summed E-state index contributed by atoms with van der Waals surface area (Å²) in [6.45, 7) is 0.399. The van der Waals surface area contributed by atoms with Gasteiger partial charge in [-0.1, -0.05) is 72.8 Å². The number of fused-ring (bicyclic) bond motifs is 2. The number of anilines is 1. The third-order valence-corrected chi connectivity index (χ3v) is 7.33. The minimum absolute atomic E-state index is 0.0794. The van der Waals surface area contributed by atoms with Crippen molar-refractivity contribution in [2.45, 2.75) is 24.9 Å². The Morgan fingerprint density at radius 2 is 1.78 bits per heavy atom. The van der Waals surface area contributed by atoms with Gasteiger partial charge in [-0.05, 0) is 34.5 Å². The van der Waals surface area contributed by atoms with Gasteiger partial charge in [0, 0.05) is 34.5 Å². The molecule has 0 aliphatic carbocycles. The molecule has 3 unspecified atom stereocenters. The number of nitrogens with one attached hydrogen (secondary N) is 1. The van der Waals surface area contributed by atoms with Gasteiger partial charge in [-0.3, -0.25) is 18.1 Å². The predicted octanol–water partition coefficient (Wildman–Crippen LogP) is 5.02. The Morgan fingerprint density at radius 3 is 2.54 bits per heavy atom. The first-order valence-electron chi connectivity index (χ1n) is 12.0. The van der Waals surface area contributed by atoms with Crippen LogP contribution in [0.25, 0.3) is 10.8 Å². The fraction of sp³-hybridized carbons (Fsp3) is 0.172. The van der Waals surface area contributed by atoms with E-state index in [2.05, 4.69) is 5.32 Å². The Balaban J connectivity index is 1.45. The number of carbonyl (C=O) groups excluding carboxylic acids is 2. The van der Waals surface area contributed by atoms with E-state index >= 15 is 0 Å². The highest BCUT2D eigenvalue weighted by molar-refractivity contribution is 7.80. The Bertz CT molecular complexity index is 1460. The fourth-order valence-corrected chi connectivity index (χ4v) is 5.44. The van der Waals surface area contributed by atoms with Crippen molar-refractivity contribution in [3.8, 4) is 5.75 Å². The summed E-state index contributed by atoms with van der Waals surface area (Å²) in [4.78, 5) is 24.5. The zero-order valence-corrected chi connectivity index (χ0v) is 20.7. The van der Waals surface area contributed by atoms with Crippen molar-refractivity contribution in [3.63, 3.8) is 0 Å². The van der Waals surface area contributed by atoms with E-state index in [9.17, 15) is 18.4 Å².